The third kappa shape index (κ3) is 6.39. The summed E-state index contributed by atoms with van der Waals surface area (Å²) in [6.07, 6.45) is -3.54. The zero-order valence-electron chi connectivity index (χ0n) is 16.8. The Balaban J connectivity index is 2.20. The van der Waals surface area contributed by atoms with Crippen LogP contribution in [0.5, 0.6) is 0 Å². The minimum absolute atomic E-state index is 0.147. The molecule has 1 amide bonds. The Labute approximate surface area is 170 Å². The highest BCUT2D eigenvalue weighted by Gasteiger charge is 2.32. The van der Waals surface area contributed by atoms with Crippen molar-refractivity contribution in [1.82, 2.24) is 5.32 Å². The van der Waals surface area contributed by atoms with Gasteiger partial charge >= 0.3 is 5.97 Å². The monoisotopic (exact) mass is 401 g/mol. The van der Waals surface area contributed by atoms with Crippen molar-refractivity contribution >= 4 is 11.9 Å². The Morgan fingerprint density at radius 2 is 1.59 bits per heavy atom. The van der Waals surface area contributed by atoms with Crippen LogP contribution in [0, 0.1) is 13.8 Å². The van der Waals surface area contributed by atoms with E-state index in [9.17, 15) is 19.8 Å². The summed E-state index contributed by atoms with van der Waals surface area (Å²) in [6.45, 7) is 3.83. The molecule has 29 heavy (non-hydrogen) atoms. The molecule has 3 atom stereocenters. The topological polar surface area (TPSA) is 116 Å². The Morgan fingerprint density at radius 3 is 2.10 bits per heavy atom. The first kappa shape index (κ1) is 22.5. The van der Waals surface area contributed by atoms with Crippen molar-refractivity contribution in [2.45, 2.75) is 38.5 Å². The number of aliphatic hydroxyl groups is 2. The molecule has 7 nitrogen and oxygen atoms in total. The van der Waals surface area contributed by atoms with Gasteiger partial charge in [0, 0.05) is 7.11 Å². The number of carboxylic acid groups (broad SMARTS) is 1. The molecule has 0 unspecified atom stereocenters. The fraction of sp³-hybridized carbons (Fsp3) is 0.364. The fourth-order valence-corrected chi connectivity index (χ4v) is 3.23. The molecule has 0 aromatic heterocycles. The molecule has 0 saturated carbocycles. The van der Waals surface area contributed by atoms with Crippen molar-refractivity contribution in [3.63, 3.8) is 0 Å². The van der Waals surface area contributed by atoms with E-state index in [1.807, 2.05) is 38.1 Å². The molecule has 156 valence electrons. The standard InChI is InChI=1S/C22H27NO6/c1-13-8-14(2)10-17(9-13)16-6-4-15(5-7-16)11-18(23-19(24)12-29-3)20(25)21(26)22(27)28/h4-10,18,20-21,25-26H,11-12H2,1-3H3,(H,23,24)(H,27,28)/t18-,20-,21+/m0/s1. The van der Waals surface area contributed by atoms with Crippen molar-refractivity contribution in [3.05, 3.63) is 59.2 Å². The molecule has 0 saturated heterocycles. The second-order valence-electron chi connectivity index (χ2n) is 7.16. The number of nitrogens with one attached hydrogen (secondary N) is 1. The van der Waals surface area contributed by atoms with E-state index in [2.05, 4.69) is 23.5 Å². The number of methoxy groups -OCH3 is 1. The third-order valence-corrected chi connectivity index (χ3v) is 4.58. The zero-order chi connectivity index (χ0) is 21.6. The smallest absolute Gasteiger partial charge is 0.335 e. The third-order valence-electron chi connectivity index (χ3n) is 4.58. The van der Waals surface area contributed by atoms with E-state index in [0.29, 0.717) is 0 Å². The van der Waals surface area contributed by atoms with Gasteiger partial charge in [0.05, 0.1) is 6.04 Å². The number of carbonyl (C=O) groups excluding carboxylic acids is 1. The molecule has 4 N–H and O–H groups in total. The van der Waals surface area contributed by atoms with Gasteiger partial charge in [-0.2, -0.15) is 0 Å². The van der Waals surface area contributed by atoms with E-state index < -0.39 is 30.1 Å². The van der Waals surface area contributed by atoms with Gasteiger partial charge in [0.25, 0.3) is 0 Å². The number of benzene rings is 2. The average molecular weight is 401 g/mol. The molecule has 0 bridgehead atoms. The number of amides is 1. The second kappa shape index (κ2) is 10.2. The lowest BCUT2D eigenvalue weighted by Crippen LogP contribution is -2.52. The molecule has 0 aliphatic rings. The predicted octanol–water partition coefficient (Wildman–Crippen LogP) is 1.45. The maximum absolute atomic E-state index is 11.9. The van der Waals surface area contributed by atoms with Crippen LogP contribution in [-0.2, 0) is 20.7 Å². The summed E-state index contributed by atoms with van der Waals surface area (Å²) in [7, 11) is 1.35. The lowest BCUT2D eigenvalue weighted by Gasteiger charge is -2.26. The van der Waals surface area contributed by atoms with E-state index in [0.717, 1.165) is 27.8 Å². The highest BCUT2D eigenvalue weighted by molar-refractivity contribution is 5.78. The van der Waals surface area contributed by atoms with Crippen LogP contribution in [0.3, 0.4) is 0 Å². The van der Waals surface area contributed by atoms with Crippen LogP contribution in [0.2, 0.25) is 0 Å². The van der Waals surface area contributed by atoms with Crippen LogP contribution in [0.15, 0.2) is 42.5 Å². The molecular weight excluding hydrogens is 374 g/mol. The summed E-state index contributed by atoms with van der Waals surface area (Å²) in [5.74, 6) is -2.07. The minimum atomic E-state index is -2.02. The Bertz CT molecular complexity index is 829. The van der Waals surface area contributed by atoms with Crippen molar-refractivity contribution in [1.29, 1.82) is 0 Å². The molecule has 0 fully saturated rings. The van der Waals surface area contributed by atoms with E-state index >= 15 is 0 Å². The van der Waals surface area contributed by atoms with E-state index in [-0.39, 0.29) is 13.0 Å². The summed E-state index contributed by atoms with van der Waals surface area (Å²) >= 11 is 0. The van der Waals surface area contributed by atoms with E-state index in [4.69, 9.17) is 9.84 Å². The van der Waals surface area contributed by atoms with Gasteiger partial charge in [0.1, 0.15) is 12.7 Å². The molecule has 7 heteroatoms. The normalized spacial score (nSPS) is 14.1. The average Bonchev–Trinajstić information content (AvgIpc) is 2.66. The van der Waals surface area contributed by atoms with Crippen LogP contribution in [0.1, 0.15) is 16.7 Å². The summed E-state index contributed by atoms with van der Waals surface area (Å²) < 4.78 is 4.75. The number of ether oxygens (including phenoxy) is 1. The molecule has 0 aliphatic carbocycles. The van der Waals surface area contributed by atoms with Gasteiger partial charge < -0.3 is 25.4 Å². The number of aliphatic hydroxyl groups excluding tert-OH is 2. The number of rotatable bonds is 9. The van der Waals surface area contributed by atoms with E-state index in [1.54, 1.807) is 0 Å². The molecule has 2 rings (SSSR count). The van der Waals surface area contributed by atoms with Crippen molar-refractivity contribution < 1.29 is 29.6 Å². The highest BCUT2D eigenvalue weighted by atomic mass is 16.5. The number of hydrogen-bond donors (Lipinski definition) is 4. The SMILES string of the molecule is COCC(=O)N[C@@H](Cc1ccc(-c2cc(C)cc(C)c2)cc1)[C@H](O)[C@@H](O)C(=O)O. The Hall–Kier alpha value is -2.74. The van der Waals surface area contributed by atoms with Gasteiger partial charge in [-0.1, -0.05) is 53.6 Å². The number of aryl methyl sites for hydroxylation is 2. The van der Waals surface area contributed by atoms with Gasteiger partial charge in [-0.15, -0.1) is 0 Å². The van der Waals surface area contributed by atoms with Crippen molar-refractivity contribution in [2.75, 3.05) is 13.7 Å². The molecular formula is C22H27NO6. The largest absolute Gasteiger partial charge is 0.479 e. The van der Waals surface area contributed by atoms with Crippen molar-refractivity contribution in [3.8, 4) is 11.1 Å². The van der Waals surface area contributed by atoms with Gasteiger partial charge in [-0.3, -0.25) is 4.79 Å². The highest BCUT2D eigenvalue weighted by Crippen LogP contribution is 2.23. The second-order valence-corrected chi connectivity index (χ2v) is 7.16. The van der Waals surface area contributed by atoms with Gasteiger partial charge in [-0.05, 0) is 37.0 Å². The molecule has 2 aromatic rings. The maximum atomic E-state index is 11.9. The van der Waals surface area contributed by atoms with Crippen molar-refractivity contribution in [2.24, 2.45) is 0 Å². The van der Waals surface area contributed by atoms with Gasteiger partial charge in [0.15, 0.2) is 6.10 Å². The molecule has 0 radical (unpaired) electrons. The summed E-state index contributed by atoms with van der Waals surface area (Å²) in [4.78, 5) is 22.9. The maximum Gasteiger partial charge on any atom is 0.335 e. The Kier molecular flexibility index (Phi) is 7.90. The lowest BCUT2D eigenvalue weighted by atomic mass is 9.95. The summed E-state index contributed by atoms with van der Waals surface area (Å²) in [5, 5.41) is 31.4. The summed E-state index contributed by atoms with van der Waals surface area (Å²) in [5.41, 5.74) is 5.20. The number of aliphatic carboxylic acids is 1. The van der Waals surface area contributed by atoms with Crippen LogP contribution in [0.4, 0.5) is 0 Å². The molecule has 0 spiro atoms. The van der Waals surface area contributed by atoms with Gasteiger partial charge in [0.2, 0.25) is 5.91 Å². The Morgan fingerprint density at radius 1 is 1.00 bits per heavy atom. The first-order chi connectivity index (χ1) is 13.7. The predicted molar refractivity (Wildman–Crippen MR) is 109 cm³/mol. The molecule has 0 heterocycles. The number of hydrogen-bond acceptors (Lipinski definition) is 5. The molecule has 0 aliphatic heterocycles. The fourth-order valence-electron chi connectivity index (χ4n) is 3.23. The zero-order valence-corrected chi connectivity index (χ0v) is 16.8. The van der Waals surface area contributed by atoms with Gasteiger partial charge in [-0.25, -0.2) is 4.79 Å². The quantitative estimate of drug-likeness (QED) is 0.505. The number of carbonyl (C=O) groups is 2. The first-order valence-corrected chi connectivity index (χ1v) is 9.26. The first-order valence-electron chi connectivity index (χ1n) is 9.26. The lowest BCUT2D eigenvalue weighted by molar-refractivity contribution is -0.154. The van der Waals surface area contributed by atoms with Crippen LogP contribution < -0.4 is 5.32 Å². The van der Waals surface area contributed by atoms with Crippen LogP contribution in [-0.4, -0.2) is 59.2 Å². The summed E-state index contributed by atoms with van der Waals surface area (Å²) in [6, 6.07) is 12.8. The van der Waals surface area contributed by atoms with E-state index in [1.165, 1.54) is 7.11 Å². The molecule has 2 aromatic carbocycles. The number of carboxylic acids is 1. The minimum Gasteiger partial charge on any atom is -0.479 e. The van der Waals surface area contributed by atoms with Crippen LogP contribution >= 0.6 is 0 Å². The van der Waals surface area contributed by atoms with Crippen LogP contribution in [0.25, 0.3) is 11.1 Å².